The Labute approximate surface area is 301 Å². The first-order valence-electron chi connectivity index (χ1n) is 17.6. The number of carbonyl (C=O) groups excluding carboxylic acids is 2. The standard InChI is InChI=1S/C40H47ClN2O6S/c1-4-5-20-40(26-44,48-3)35-16-13-32(35)24-43-25-39(19-9-12-30-22-33(41)15-17-34(30)39)27-49-37-18-14-31(23-36(37)43)38(45)42-50(46,47)28(2)21-29-10-7-6-8-11-29/h5-8,10-11,14-15,17-18,20,22-23,26,28,32,35H,4,9,12-13,16,19,21,24-25,27H2,1-3H3,(H,42,45)/b20-5+/t28-,32-,35+,39-,40+/m0/s1. The SMILES string of the molecule is CC/C=C/[C@](C=O)(OC)[C@@H]1CC[C@H]1CN1C[C@@]2(CCCc3cc(Cl)ccc32)COc2ccc(C(=O)NS(=O)(=O)[C@@H](C)Cc3ccccc3)cc21. The molecular formula is C40H47ClN2O6S. The number of benzene rings is 3. The first-order chi connectivity index (χ1) is 24.0. The minimum absolute atomic E-state index is 0.0171. The predicted octanol–water partition coefficient (Wildman–Crippen LogP) is 7.08. The third-order valence-electron chi connectivity index (χ3n) is 11.0. The smallest absolute Gasteiger partial charge is 0.264 e. The highest BCUT2D eigenvalue weighted by Crippen LogP contribution is 2.48. The van der Waals surface area contributed by atoms with Crippen LogP contribution in [0.25, 0.3) is 0 Å². The maximum atomic E-state index is 13.6. The molecule has 1 aliphatic heterocycles. The van der Waals surface area contributed by atoms with Crippen LogP contribution in [0.2, 0.25) is 5.02 Å². The molecule has 3 aliphatic rings. The summed E-state index contributed by atoms with van der Waals surface area (Å²) in [5.74, 6) is 0.0657. The summed E-state index contributed by atoms with van der Waals surface area (Å²) in [4.78, 5) is 28.5. The molecule has 3 aromatic carbocycles. The predicted molar refractivity (Wildman–Crippen MR) is 198 cm³/mol. The van der Waals surface area contributed by atoms with E-state index < -0.39 is 26.8 Å². The number of sulfonamides is 1. The van der Waals surface area contributed by atoms with E-state index >= 15 is 0 Å². The number of anilines is 1. The van der Waals surface area contributed by atoms with Crippen LogP contribution in [0, 0.1) is 11.8 Å². The van der Waals surface area contributed by atoms with Crippen LogP contribution in [-0.2, 0) is 37.8 Å². The Morgan fingerprint density at radius 1 is 1.16 bits per heavy atom. The van der Waals surface area contributed by atoms with E-state index in [-0.39, 0.29) is 29.2 Å². The Morgan fingerprint density at radius 2 is 1.96 bits per heavy atom. The molecule has 8 nitrogen and oxygen atoms in total. The van der Waals surface area contributed by atoms with Gasteiger partial charge in [-0.15, -0.1) is 0 Å². The van der Waals surface area contributed by atoms with Crippen molar-refractivity contribution in [2.24, 2.45) is 11.8 Å². The van der Waals surface area contributed by atoms with Crippen LogP contribution >= 0.6 is 11.6 Å². The molecule has 1 fully saturated rings. The second kappa shape index (κ2) is 14.9. The van der Waals surface area contributed by atoms with Gasteiger partial charge in [0.05, 0.1) is 17.5 Å². The van der Waals surface area contributed by atoms with Crippen molar-refractivity contribution in [3.8, 4) is 5.75 Å². The number of aldehydes is 1. The molecule has 50 heavy (non-hydrogen) atoms. The van der Waals surface area contributed by atoms with E-state index in [1.807, 2.05) is 55.5 Å². The van der Waals surface area contributed by atoms with Crippen LogP contribution in [0.15, 0.2) is 78.9 Å². The summed E-state index contributed by atoms with van der Waals surface area (Å²) in [5, 5.41) is -0.105. The number of hydrogen-bond acceptors (Lipinski definition) is 7. The van der Waals surface area contributed by atoms with E-state index in [9.17, 15) is 18.0 Å². The van der Waals surface area contributed by atoms with Crippen LogP contribution in [0.3, 0.4) is 0 Å². The zero-order valence-electron chi connectivity index (χ0n) is 29.1. The van der Waals surface area contributed by atoms with Gasteiger partial charge in [0.2, 0.25) is 10.0 Å². The molecule has 0 unspecified atom stereocenters. The first kappa shape index (κ1) is 36.1. The molecule has 3 aromatic rings. The van der Waals surface area contributed by atoms with Gasteiger partial charge in [0.1, 0.15) is 11.4 Å². The van der Waals surface area contributed by atoms with Crippen LogP contribution in [0.4, 0.5) is 5.69 Å². The third-order valence-corrected chi connectivity index (χ3v) is 13.0. The molecule has 1 heterocycles. The van der Waals surface area contributed by atoms with Gasteiger partial charge in [-0.2, -0.15) is 0 Å². The van der Waals surface area contributed by atoms with Crippen LogP contribution in [0.1, 0.15) is 73.0 Å². The van der Waals surface area contributed by atoms with E-state index in [4.69, 9.17) is 21.1 Å². The number of halogens is 1. The maximum Gasteiger partial charge on any atom is 0.264 e. The van der Waals surface area contributed by atoms with Crippen LogP contribution < -0.4 is 14.4 Å². The van der Waals surface area contributed by atoms with Crippen molar-refractivity contribution in [1.29, 1.82) is 0 Å². The van der Waals surface area contributed by atoms with Crippen LogP contribution in [0.5, 0.6) is 5.75 Å². The topological polar surface area (TPSA) is 102 Å². The van der Waals surface area contributed by atoms with Crippen LogP contribution in [-0.4, -0.2) is 58.3 Å². The number of carbonyl (C=O) groups is 2. The van der Waals surface area contributed by atoms with Gasteiger partial charge in [-0.25, -0.2) is 13.1 Å². The molecule has 5 atom stereocenters. The lowest BCUT2D eigenvalue weighted by Crippen LogP contribution is -2.53. The van der Waals surface area contributed by atoms with Gasteiger partial charge in [-0.3, -0.25) is 9.59 Å². The van der Waals surface area contributed by atoms with E-state index in [2.05, 4.69) is 21.8 Å². The first-order valence-corrected chi connectivity index (χ1v) is 19.6. The third kappa shape index (κ3) is 7.23. The Morgan fingerprint density at radius 3 is 2.66 bits per heavy atom. The minimum Gasteiger partial charge on any atom is -0.490 e. The quantitative estimate of drug-likeness (QED) is 0.158. The molecule has 266 valence electrons. The number of rotatable bonds is 12. The molecule has 1 N–H and O–H groups in total. The fraction of sp³-hybridized carbons (Fsp3) is 0.450. The molecule has 0 saturated heterocycles. The number of allylic oxidation sites excluding steroid dienone is 1. The fourth-order valence-corrected chi connectivity index (χ4v) is 9.27. The van der Waals surface area contributed by atoms with E-state index in [0.717, 1.165) is 56.1 Å². The van der Waals surface area contributed by atoms with Gasteiger partial charge in [0.15, 0.2) is 6.29 Å². The summed E-state index contributed by atoms with van der Waals surface area (Å²) in [6.45, 7) is 5.33. The Hall–Kier alpha value is -3.66. The molecule has 2 aliphatic carbocycles. The van der Waals surface area contributed by atoms with Crippen molar-refractivity contribution in [3.05, 3.63) is 106 Å². The summed E-state index contributed by atoms with van der Waals surface area (Å²) in [6, 6.07) is 20.6. The lowest BCUT2D eigenvalue weighted by atomic mass is 9.64. The van der Waals surface area contributed by atoms with E-state index in [1.165, 1.54) is 11.1 Å². The average molecular weight is 719 g/mol. The zero-order valence-corrected chi connectivity index (χ0v) is 30.6. The van der Waals surface area contributed by atoms with Crippen molar-refractivity contribution in [2.75, 3.05) is 31.7 Å². The van der Waals surface area contributed by atoms with Gasteiger partial charge in [-0.05, 0) is 111 Å². The lowest BCUT2D eigenvalue weighted by Gasteiger charge is -2.48. The molecule has 1 saturated carbocycles. The fourth-order valence-electron chi connectivity index (χ4n) is 8.08. The normalized spacial score (nSPS) is 23.5. The summed E-state index contributed by atoms with van der Waals surface area (Å²) < 4.78 is 41.4. The number of ether oxygens (including phenoxy) is 2. The second-order valence-corrected chi connectivity index (χ2v) is 16.7. The largest absolute Gasteiger partial charge is 0.490 e. The number of fused-ring (bicyclic) bond motifs is 3. The van der Waals surface area contributed by atoms with Gasteiger partial charge in [0.25, 0.3) is 5.91 Å². The molecule has 6 rings (SSSR count). The van der Waals surface area contributed by atoms with Crippen molar-refractivity contribution in [3.63, 3.8) is 0 Å². The summed E-state index contributed by atoms with van der Waals surface area (Å²) in [5.41, 5.74) is 2.94. The van der Waals surface area contributed by atoms with Gasteiger partial charge in [0, 0.05) is 42.1 Å². The number of hydrogen-bond donors (Lipinski definition) is 1. The molecule has 0 bridgehead atoms. The molecule has 1 amide bonds. The monoisotopic (exact) mass is 718 g/mol. The number of methoxy groups -OCH3 is 1. The number of nitrogens with one attached hydrogen (secondary N) is 1. The zero-order chi connectivity index (χ0) is 35.5. The maximum absolute atomic E-state index is 13.6. The molecule has 0 radical (unpaired) electrons. The summed E-state index contributed by atoms with van der Waals surface area (Å²) in [7, 11) is -2.37. The number of aryl methyl sites for hydroxylation is 1. The Bertz CT molecular complexity index is 1850. The number of amides is 1. The van der Waals surface area contributed by atoms with Crippen molar-refractivity contribution in [1.82, 2.24) is 4.72 Å². The van der Waals surface area contributed by atoms with Crippen molar-refractivity contribution in [2.45, 2.75) is 75.1 Å². The van der Waals surface area contributed by atoms with E-state index in [0.29, 0.717) is 30.5 Å². The summed E-state index contributed by atoms with van der Waals surface area (Å²) >= 11 is 6.44. The van der Waals surface area contributed by atoms with E-state index in [1.54, 1.807) is 32.2 Å². The van der Waals surface area contributed by atoms with Crippen molar-refractivity contribution >= 4 is 39.5 Å². The average Bonchev–Trinajstić information content (AvgIpc) is 3.25. The summed E-state index contributed by atoms with van der Waals surface area (Å²) in [6.07, 6.45) is 10.5. The molecule has 10 heteroatoms. The van der Waals surface area contributed by atoms with Gasteiger partial charge < -0.3 is 14.4 Å². The highest BCUT2D eigenvalue weighted by molar-refractivity contribution is 7.90. The van der Waals surface area contributed by atoms with Crippen molar-refractivity contribution < 1.29 is 27.5 Å². The Balaban J connectivity index is 1.33. The highest BCUT2D eigenvalue weighted by atomic mass is 35.5. The molecule has 1 spiro atoms. The molecule has 0 aromatic heterocycles. The van der Waals surface area contributed by atoms with Gasteiger partial charge in [-0.1, -0.05) is 61.0 Å². The van der Waals surface area contributed by atoms with Gasteiger partial charge >= 0.3 is 0 Å². The second-order valence-electron chi connectivity index (χ2n) is 14.2. The molecular weight excluding hydrogens is 672 g/mol. The minimum atomic E-state index is -3.97. The Kier molecular flexibility index (Phi) is 10.8. The highest BCUT2D eigenvalue weighted by Gasteiger charge is 2.49. The lowest BCUT2D eigenvalue weighted by molar-refractivity contribution is -0.135. The number of nitrogens with zero attached hydrogens (tertiary/aromatic N) is 1.